The molecule has 0 aromatic heterocycles. The van der Waals surface area contributed by atoms with Gasteiger partial charge in [-0.1, -0.05) is 18.5 Å². The lowest BCUT2D eigenvalue weighted by molar-refractivity contribution is -0.117. The van der Waals surface area contributed by atoms with E-state index in [1.165, 1.54) is 0 Å². The molecule has 0 saturated carbocycles. The molecule has 1 saturated heterocycles. The Balaban J connectivity index is 1.85. The van der Waals surface area contributed by atoms with E-state index >= 15 is 0 Å². The van der Waals surface area contributed by atoms with Gasteiger partial charge in [0, 0.05) is 29.8 Å². The summed E-state index contributed by atoms with van der Waals surface area (Å²) in [6.07, 6.45) is 1.04. The number of hydrogen-bond donors (Lipinski definition) is 2. The van der Waals surface area contributed by atoms with Crippen molar-refractivity contribution < 1.29 is 4.79 Å². The minimum Gasteiger partial charge on any atom is -0.327 e. The van der Waals surface area contributed by atoms with E-state index in [0.29, 0.717) is 17.5 Å². The average Bonchev–Trinajstić information content (AvgIpc) is 2.30. The van der Waals surface area contributed by atoms with E-state index in [2.05, 4.69) is 17.1 Å². The molecule has 0 radical (unpaired) electrons. The van der Waals surface area contributed by atoms with Crippen molar-refractivity contribution in [2.45, 2.75) is 19.4 Å². The number of nitrogens with zero attached hydrogens (tertiary/aromatic N) is 1. The smallest absolute Gasteiger partial charge is 0.238 e. The Kier molecular flexibility index (Phi) is 4.80. The van der Waals surface area contributed by atoms with Crippen LogP contribution in [0.15, 0.2) is 24.3 Å². The fourth-order valence-electron chi connectivity index (χ4n) is 2.58. The zero-order valence-electron chi connectivity index (χ0n) is 11.1. The summed E-state index contributed by atoms with van der Waals surface area (Å²) >= 11 is 5.80. The minimum absolute atomic E-state index is 0.0105. The summed E-state index contributed by atoms with van der Waals surface area (Å²) in [5.41, 5.74) is 6.74. The molecule has 2 unspecified atom stereocenters. The van der Waals surface area contributed by atoms with E-state index in [0.717, 1.165) is 25.2 Å². The number of likely N-dealkylation sites (tertiary alicyclic amines) is 1. The van der Waals surface area contributed by atoms with Crippen LogP contribution in [0.1, 0.15) is 13.3 Å². The van der Waals surface area contributed by atoms with Crippen molar-refractivity contribution in [3.05, 3.63) is 29.3 Å². The van der Waals surface area contributed by atoms with Gasteiger partial charge in [-0.05, 0) is 36.6 Å². The Morgan fingerprint density at radius 3 is 2.74 bits per heavy atom. The Morgan fingerprint density at radius 2 is 2.11 bits per heavy atom. The highest BCUT2D eigenvalue weighted by atomic mass is 35.5. The molecule has 2 atom stereocenters. The lowest BCUT2D eigenvalue weighted by Gasteiger charge is -2.34. The quantitative estimate of drug-likeness (QED) is 0.890. The third kappa shape index (κ3) is 4.49. The first-order valence-electron chi connectivity index (χ1n) is 6.56. The number of anilines is 1. The number of halogens is 1. The first-order chi connectivity index (χ1) is 9.02. The van der Waals surface area contributed by atoms with Crippen molar-refractivity contribution in [2.75, 3.05) is 25.0 Å². The van der Waals surface area contributed by atoms with Crippen molar-refractivity contribution >= 4 is 23.2 Å². The van der Waals surface area contributed by atoms with Gasteiger partial charge in [0.25, 0.3) is 0 Å². The zero-order valence-corrected chi connectivity index (χ0v) is 11.9. The molecule has 4 nitrogen and oxygen atoms in total. The number of carbonyl (C=O) groups excluding carboxylic acids is 1. The molecule has 1 aromatic carbocycles. The van der Waals surface area contributed by atoms with Gasteiger partial charge in [-0.25, -0.2) is 0 Å². The predicted octanol–water partition coefficient (Wildman–Crippen LogP) is 1.95. The molecule has 19 heavy (non-hydrogen) atoms. The van der Waals surface area contributed by atoms with E-state index in [-0.39, 0.29) is 11.9 Å². The summed E-state index contributed by atoms with van der Waals surface area (Å²) in [5, 5.41) is 3.53. The normalized spacial score (nSPS) is 24.2. The summed E-state index contributed by atoms with van der Waals surface area (Å²) in [7, 11) is 0. The Labute approximate surface area is 118 Å². The highest BCUT2D eigenvalue weighted by Gasteiger charge is 2.23. The number of amides is 1. The van der Waals surface area contributed by atoms with Crippen LogP contribution in [0.2, 0.25) is 5.02 Å². The van der Waals surface area contributed by atoms with Gasteiger partial charge >= 0.3 is 0 Å². The fourth-order valence-corrected chi connectivity index (χ4v) is 2.70. The lowest BCUT2D eigenvalue weighted by atomic mass is 9.97. The van der Waals surface area contributed by atoms with E-state index < -0.39 is 0 Å². The summed E-state index contributed by atoms with van der Waals surface area (Å²) < 4.78 is 0. The monoisotopic (exact) mass is 281 g/mol. The zero-order chi connectivity index (χ0) is 13.8. The molecule has 0 spiro atoms. The average molecular weight is 282 g/mol. The van der Waals surface area contributed by atoms with Crippen LogP contribution in [0, 0.1) is 5.92 Å². The van der Waals surface area contributed by atoms with Crippen LogP contribution in [0.3, 0.4) is 0 Å². The molecule has 1 aliphatic heterocycles. The first-order valence-corrected chi connectivity index (χ1v) is 6.94. The third-order valence-corrected chi connectivity index (χ3v) is 3.51. The van der Waals surface area contributed by atoms with Gasteiger partial charge in [0.15, 0.2) is 0 Å². The number of rotatable bonds is 3. The van der Waals surface area contributed by atoms with Crippen LogP contribution in [0.5, 0.6) is 0 Å². The first kappa shape index (κ1) is 14.3. The molecule has 1 aliphatic rings. The van der Waals surface area contributed by atoms with Crippen molar-refractivity contribution in [1.82, 2.24) is 4.90 Å². The number of benzene rings is 1. The maximum absolute atomic E-state index is 12.0. The van der Waals surface area contributed by atoms with Crippen LogP contribution in [-0.2, 0) is 4.79 Å². The molecule has 1 aromatic rings. The molecule has 1 heterocycles. The minimum atomic E-state index is -0.0105. The number of carbonyl (C=O) groups is 1. The topological polar surface area (TPSA) is 58.4 Å². The van der Waals surface area contributed by atoms with E-state index in [1.54, 1.807) is 24.3 Å². The van der Waals surface area contributed by atoms with Gasteiger partial charge < -0.3 is 11.1 Å². The van der Waals surface area contributed by atoms with E-state index in [4.69, 9.17) is 17.3 Å². The number of piperidine rings is 1. The Hall–Kier alpha value is -1.10. The summed E-state index contributed by atoms with van der Waals surface area (Å²) in [6.45, 7) is 4.28. The van der Waals surface area contributed by atoms with Gasteiger partial charge in [-0.15, -0.1) is 0 Å². The number of hydrogen-bond acceptors (Lipinski definition) is 3. The molecular weight excluding hydrogens is 262 g/mol. The highest BCUT2D eigenvalue weighted by molar-refractivity contribution is 6.30. The molecule has 5 heteroatoms. The molecule has 0 aliphatic carbocycles. The standard InChI is InChI=1S/C14H20ClN3O/c1-10-6-12(16)8-18(7-10)9-14(19)17-13-4-2-11(15)3-5-13/h2-5,10,12H,6-9,16H2,1H3,(H,17,19). The van der Waals surface area contributed by atoms with Crippen molar-refractivity contribution in [1.29, 1.82) is 0 Å². The van der Waals surface area contributed by atoms with Crippen molar-refractivity contribution in [2.24, 2.45) is 11.7 Å². The molecule has 2 rings (SSSR count). The van der Waals surface area contributed by atoms with Crippen LogP contribution in [0.25, 0.3) is 0 Å². The lowest BCUT2D eigenvalue weighted by Crippen LogP contribution is -2.48. The van der Waals surface area contributed by atoms with E-state index in [9.17, 15) is 4.79 Å². The largest absolute Gasteiger partial charge is 0.327 e. The van der Waals surface area contributed by atoms with Gasteiger partial charge in [-0.2, -0.15) is 0 Å². The summed E-state index contributed by atoms with van der Waals surface area (Å²) in [6, 6.07) is 7.29. The third-order valence-electron chi connectivity index (χ3n) is 3.26. The molecule has 3 N–H and O–H groups in total. The SMILES string of the molecule is CC1CC(N)CN(CC(=O)Nc2ccc(Cl)cc2)C1. The van der Waals surface area contributed by atoms with Crippen LogP contribution in [-0.4, -0.2) is 36.5 Å². The van der Waals surface area contributed by atoms with Crippen LogP contribution in [0.4, 0.5) is 5.69 Å². The molecule has 0 bridgehead atoms. The molecule has 1 fully saturated rings. The van der Waals surface area contributed by atoms with Crippen molar-refractivity contribution in [3.8, 4) is 0 Å². The second-order valence-corrected chi connectivity index (χ2v) is 5.79. The number of nitrogens with one attached hydrogen (secondary N) is 1. The number of nitrogens with two attached hydrogens (primary N) is 1. The molecule has 1 amide bonds. The van der Waals surface area contributed by atoms with Crippen LogP contribution < -0.4 is 11.1 Å². The maximum Gasteiger partial charge on any atom is 0.238 e. The van der Waals surface area contributed by atoms with E-state index in [1.807, 2.05) is 0 Å². The van der Waals surface area contributed by atoms with Gasteiger partial charge in [-0.3, -0.25) is 9.69 Å². The van der Waals surface area contributed by atoms with Gasteiger partial charge in [0.1, 0.15) is 0 Å². The second kappa shape index (κ2) is 6.37. The van der Waals surface area contributed by atoms with Gasteiger partial charge in [0.05, 0.1) is 6.54 Å². The fraction of sp³-hybridized carbons (Fsp3) is 0.500. The summed E-state index contributed by atoms with van der Waals surface area (Å²) in [5.74, 6) is 0.538. The second-order valence-electron chi connectivity index (χ2n) is 5.35. The highest BCUT2D eigenvalue weighted by Crippen LogP contribution is 2.16. The predicted molar refractivity (Wildman–Crippen MR) is 78.3 cm³/mol. The summed E-state index contributed by atoms with van der Waals surface area (Å²) in [4.78, 5) is 14.1. The Morgan fingerprint density at radius 1 is 1.42 bits per heavy atom. The van der Waals surface area contributed by atoms with Gasteiger partial charge in [0.2, 0.25) is 5.91 Å². The van der Waals surface area contributed by atoms with Crippen molar-refractivity contribution in [3.63, 3.8) is 0 Å². The Bertz CT molecular complexity index is 425. The molecule has 104 valence electrons. The van der Waals surface area contributed by atoms with Crippen LogP contribution >= 0.6 is 11.6 Å². The molecular formula is C14H20ClN3O. The maximum atomic E-state index is 12.0.